The van der Waals surface area contributed by atoms with Gasteiger partial charge >= 0.3 is 0 Å². The zero-order chi connectivity index (χ0) is 40.7. The third-order valence-electron chi connectivity index (χ3n) is 11.0. The van der Waals surface area contributed by atoms with Crippen molar-refractivity contribution in [2.45, 2.75) is 79.1 Å². The van der Waals surface area contributed by atoms with Gasteiger partial charge < -0.3 is 19.3 Å². The maximum Gasteiger partial charge on any atom is 0.119 e. The van der Waals surface area contributed by atoms with Gasteiger partial charge in [-0.1, -0.05) is 122 Å². The van der Waals surface area contributed by atoms with Crippen LogP contribution in [0.15, 0.2) is 155 Å². The molecule has 0 aliphatic carbocycles. The molecule has 58 heavy (non-hydrogen) atoms. The molecule has 4 nitrogen and oxygen atoms in total. The number of rotatable bonds is 21. The van der Waals surface area contributed by atoms with Gasteiger partial charge in [0.1, 0.15) is 11.5 Å². The number of nitrogens with zero attached hydrogens (tertiary/aromatic N) is 2. The molecule has 0 fully saturated rings. The van der Waals surface area contributed by atoms with Crippen molar-refractivity contribution in [3.8, 4) is 22.6 Å². The Kier molecular flexibility index (Phi) is 16.3. The van der Waals surface area contributed by atoms with Crippen molar-refractivity contribution < 1.29 is 9.47 Å². The Morgan fingerprint density at radius 2 is 0.672 bits per heavy atom. The lowest BCUT2D eigenvalue weighted by Crippen LogP contribution is -2.12. The number of unbranched alkanes of at least 4 members (excludes halogenated alkanes) is 2. The molecule has 6 aromatic rings. The highest BCUT2D eigenvalue weighted by atomic mass is 79.9. The van der Waals surface area contributed by atoms with Crippen LogP contribution in [0.25, 0.3) is 11.1 Å². The quantitative estimate of drug-likeness (QED) is 0.0718. The van der Waals surface area contributed by atoms with Crippen LogP contribution in [0.3, 0.4) is 0 Å². The molecule has 0 N–H and O–H groups in total. The van der Waals surface area contributed by atoms with Gasteiger partial charge in [0.05, 0.1) is 13.2 Å². The Hall–Kier alpha value is -4.52. The normalized spacial score (nSPS) is 12.2. The van der Waals surface area contributed by atoms with E-state index in [2.05, 4.69) is 215 Å². The molecule has 0 bridgehead atoms. The first-order chi connectivity index (χ1) is 28.4. The maximum atomic E-state index is 6.26. The number of halogens is 2. The summed E-state index contributed by atoms with van der Waals surface area (Å²) in [5.41, 5.74) is 8.82. The van der Waals surface area contributed by atoms with Crippen LogP contribution in [0.1, 0.15) is 79.1 Å². The fraction of sp³-hybridized carbons (Fsp3) is 0.308. The minimum absolute atomic E-state index is 0.593. The summed E-state index contributed by atoms with van der Waals surface area (Å²) in [4.78, 5) is 4.58. The van der Waals surface area contributed by atoms with Gasteiger partial charge in [0, 0.05) is 43.1 Å². The molecule has 0 radical (unpaired) electrons. The van der Waals surface area contributed by atoms with Crippen molar-refractivity contribution in [3.63, 3.8) is 0 Å². The van der Waals surface area contributed by atoms with Crippen molar-refractivity contribution in [2.24, 2.45) is 11.8 Å². The second-order valence-corrected chi connectivity index (χ2v) is 17.0. The van der Waals surface area contributed by atoms with Crippen LogP contribution in [-0.4, -0.2) is 13.2 Å². The molecular weight excluding hydrogens is 844 g/mol. The first-order valence-electron chi connectivity index (χ1n) is 21.2. The van der Waals surface area contributed by atoms with Crippen molar-refractivity contribution in [1.82, 2.24) is 0 Å². The number of hydrogen-bond donors (Lipinski definition) is 0. The van der Waals surface area contributed by atoms with Crippen LogP contribution in [0, 0.1) is 11.8 Å². The molecule has 6 heteroatoms. The predicted octanol–water partition coefficient (Wildman–Crippen LogP) is 17.0. The van der Waals surface area contributed by atoms with Gasteiger partial charge in [0.25, 0.3) is 0 Å². The van der Waals surface area contributed by atoms with Gasteiger partial charge in [-0.05, 0) is 157 Å². The topological polar surface area (TPSA) is 24.9 Å². The highest BCUT2D eigenvalue weighted by Crippen LogP contribution is 2.39. The van der Waals surface area contributed by atoms with E-state index < -0.39 is 0 Å². The van der Waals surface area contributed by atoms with Crippen molar-refractivity contribution in [1.29, 1.82) is 0 Å². The van der Waals surface area contributed by atoms with E-state index in [0.717, 1.165) is 91.8 Å². The molecule has 0 saturated carbocycles. The van der Waals surface area contributed by atoms with E-state index >= 15 is 0 Å². The summed E-state index contributed by atoms with van der Waals surface area (Å²) in [7, 11) is 0. The van der Waals surface area contributed by atoms with E-state index in [1.54, 1.807) is 0 Å². The van der Waals surface area contributed by atoms with Crippen LogP contribution in [-0.2, 0) is 0 Å². The van der Waals surface area contributed by atoms with Gasteiger partial charge in [-0.2, -0.15) is 0 Å². The van der Waals surface area contributed by atoms with Crippen LogP contribution in [0.4, 0.5) is 34.1 Å². The molecular formula is C52H58Br2N2O2. The maximum absolute atomic E-state index is 6.26. The Bertz CT molecular complexity index is 1930. The molecule has 0 aliphatic heterocycles. The van der Waals surface area contributed by atoms with Crippen LogP contribution < -0.4 is 19.3 Å². The Labute approximate surface area is 364 Å². The van der Waals surface area contributed by atoms with Crippen molar-refractivity contribution in [2.75, 3.05) is 23.0 Å². The lowest BCUT2D eigenvalue weighted by Gasteiger charge is -2.26. The number of benzene rings is 6. The standard InChI is InChI=1S/C52H58Br2N2O2/c1-5-9-11-39(7-3)37-57-51-33-29-49(30-34-51)55(47-25-17-43(53)18-26-47)45-21-13-41(14-22-45)42-15-23-46(24-16-42)56(48-27-19-44(54)20-28-48)50-31-35-52(36-32-50)58-38-40(8-4)12-10-6-2/h13-36,39-40H,5-12,37-38H2,1-4H3. The average Bonchev–Trinajstić information content (AvgIpc) is 3.27. The summed E-state index contributed by atoms with van der Waals surface area (Å²) in [5, 5.41) is 0. The minimum atomic E-state index is 0.593. The third-order valence-corrected chi connectivity index (χ3v) is 12.1. The smallest absolute Gasteiger partial charge is 0.119 e. The van der Waals surface area contributed by atoms with Gasteiger partial charge in [-0.25, -0.2) is 0 Å². The number of ether oxygens (including phenoxy) is 2. The summed E-state index contributed by atoms with van der Waals surface area (Å²) in [5.74, 6) is 3.01. The van der Waals surface area contributed by atoms with E-state index in [4.69, 9.17) is 9.47 Å². The summed E-state index contributed by atoms with van der Waals surface area (Å²) in [6, 6.07) is 51.7. The van der Waals surface area contributed by atoms with E-state index in [9.17, 15) is 0 Å². The lowest BCUT2D eigenvalue weighted by molar-refractivity contribution is 0.233. The second-order valence-electron chi connectivity index (χ2n) is 15.2. The Morgan fingerprint density at radius 3 is 0.948 bits per heavy atom. The first-order valence-corrected chi connectivity index (χ1v) is 22.7. The van der Waals surface area contributed by atoms with Crippen molar-refractivity contribution in [3.05, 3.63) is 155 Å². The number of anilines is 6. The molecule has 0 aromatic heterocycles. The third kappa shape index (κ3) is 11.8. The summed E-state index contributed by atoms with van der Waals surface area (Å²) < 4.78 is 14.6. The summed E-state index contributed by atoms with van der Waals surface area (Å²) in [6.45, 7) is 10.6. The largest absolute Gasteiger partial charge is 0.493 e. The van der Waals surface area contributed by atoms with Crippen LogP contribution in [0.2, 0.25) is 0 Å². The second kappa shape index (κ2) is 22.0. The van der Waals surface area contributed by atoms with E-state index in [-0.39, 0.29) is 0 Å². The van der Waals surface area contributed by atoms with Crippen molar-refractivity contribution >= 4 is 66.0 Å². The van der Waals surface area contributed by atoms with Gasteiger partial charge in [0.2, 0.25) is 0 Å². The molecule has 0 saturated heterocycles. The molecule has 6 aromatic carbocycles. The molecule has 0 heterocycles. The zero-order valence-electron chi connectivity index (χ0n) is 34.5. The lowest BCUT2D eigenvalue weighted by atomic mass is 10.0. The molecule has 0 spiro atoms. The number of hydrogen-bond acceptors (Lipinski definition) is 4. The highest BCUT2D eigenvalue weighted by molar-refractivity contribution is 9.10. The average molecular weight is 903 g/mol. The molecule has 302 valence electrons. The van der Waals surface area contributed by atoms with E-state index in [1.807, 2.05) is 0 Å². The van der Waals surface area contributed by atoms with E-state index in [1.165, 1.54) is 38.5 Å². The molecule has 6 rings (SSSR count). The van der Waals surface area contributed by atoms with Gasteiger partial charge in [-0.3, -0.25) is 0 Å². The first kappa shape index (κ1) is 43.1. The van der Waals surface area contributed by atoms with Crippen LogP contribution in [0.5, 0.6) is 11.5 Å². The van der Waals surface area contributed by atoms with Crippen LogP contribution >= 0.6 is 31.9 Å². The summed E-state index contributed by atoms with van der Waals surface area (Å²) >= 11 is 7.24. The summed E-state index contributed by atoms with van der Waals surface area (Å²) in [6.07, 6.45) is 9.68. The zero-order valence-corrected chi connectivity index (χ0v) is 37.7. The van der Waals surface area contributed by atoms with Gasteiger partial charge in [0.15, 0.2) is 0 Å². The SMILES string of the molecule is CCCCC(CC)COc1ccc(N(c2ccc(Br)cc2)c2ccc(-c3ccc(N(c4ccc(Br)cc4)c4ccc(OCC(CC)CCCC)cc4)cc3)cc2)cc1. The fourth-order valence-corrected chi connectivity index (χ4v) is 7.82. The Balaban J connectivity index is 1.21. The predicted molar refractivity (Wildman–Crippen MR) is 254 cm³/mol. The highest BCUT2D eigenvalue weighted by Gasteiger charge is 2.16. The van der Waals surface area contributed by atoms with E-state index in [0.29, 0.717) is 11.8 Å². The van der Waals surface area contributed by atoms with Gasteiger partial charge in [-0.15, -0.1) is 0 Å². The minimum Gasteiger partial charge on any atom is -0.493 e. The molecule has 0 amide bonds. The Morgan fingerprint density at radius 1 is 0.397 bits per heavy atom. The fourth-order valence-electron chi connectivity index (χ4n) is 7.29. The molecule has 0 aliphatic rings. The molecule has 2 unspecified atom stereocenters. The monoisotopic (exact) mass is 900 g/mol. The molecule has 2 atom stereocenters.